The number of para-hydroxylation sites is 1. The first kappa shape index (κ1) is 20.3. The first-order valence-electron chi connectivity index (χ1n) is 9.32. The Balaban J connectivity index is 1.79. The second-order valence-corrected chi connectivity index (χ2v) is 6.91. The van der Waals surface area contributed by atoms with Gasteiger partial charge < -0.3 is 5.32 Å². The quantitative estimate of drug-likeness (QED) is 0.506. The fraction of sp³-hybridized carbons (Fsp3) is 0.0870. The fourth-order valence-electron chi connectivity index (χ4n) is 3.36. The Kier molecular flexibility index (Phi) is 5.06. The van der Waals surface area contributed by atoms with Crippen LogP contribution < -0.4 is 10.7 Å². The van der Waals surface area contributed by atoms with E-state index in [0.717, 1.165) is 27.6 Å². The van der Waals surface area contributed by atoms with Crippen LogP contribution in [-0.2, 0) is 6.18 Å². The first-order chi connectivity index (χ1) is 14.8. The van der Waals surface area contributed by atoms with Crippen molar-refractivity contribution in [1.82, 2.24) is 9.78 Å². The highest BCUT2D eigenvalue weighted by molar-refractivity contribution is 6.08. The average Bonchev–Trinajstić information content (AvgIpc) is 2.73. The van der Waals surface area contributed by atoms with E-state index in [2.05, 4.69) is 10.4 Å². The lowest BCUT2D eigenvalue weighted by Gasteiger charge is -2.16. The lowest BCUT2D eigenvalue weighted by Crippen LogP contribution is -2.27. The molecule has 4 rings (SSSR count). The number of amides is 1. The van der Waals surface area contributed by atoms with Gasteiger partial charge in [-0.25, -0.2) is 4.68 Å². The number of aromatic nitrogens is 2. The highest BCUT2D eigenvalue weighted by Gasteiger charge is 2.34. The second kappa shape index (κ2) is 7.71. The Bertz CT molecular complexity index is 1360. The molecule has 0 aliphatic heterocycles. The van der Waals surface area contributed by atoms with E-state index < -0.39 is 28.8 Å². The van der Waals surface area contributed by atoms with Gasteiger partial charge in [0.15, 0.2) is 5.69 Å². The molecule has 31 heavy (non-hydrogen) atoms. The van der Waals surface area contributed by atoms with Gasteiger partial charge in [-0.2, -0.15) is 18.3 Å². The Morgan fingerprint density at radius 3 is 2.42 bits per heavy atom. The van der Waals surface area contributed by atoms with Crippen molar-refractivity contribution >= 4 is 22.4 Å². The maximum absolute atomic E-state index is 13.5. The van der Waals surface area contributed by atoms with E-state index in [1.807, 2.05) is 30.3 Å². The number of anilines is 1. The van der Waals surface area contributed by atoms with Gasteiger partial charge in [0.25, 0.3) is 5.91 Å². The van der Waals surface area contributed by atoms with E-state index in [4.69, 9.17) is 0 Å². The Morgan fingerprint density at radius 2 is 1.65 bits per heavy atom. The Morgan fingerprint density at radius 1 is 0.968 bits per heavy atom. The number of carbonyl (C=O) groups excluding carboxylic acids is 1. The van der Waals surface area contributed by atoms with Gasteiger partial charge in [0.1, 0.15) is 0 Å². The van der Waals surface area contributed by atoms with Crippen molar-refractivity contribution in [3.63, 3.8) is 0 Å². The van der Waals surface area contributed by atoms with Crippen molar-refractivity contribution in [3.05, 3.63) is 100.0 Å². The van der Waals surface area contributed by atoms with Crippen LogP contribution in [0.4, 0.5) is 18.9 Å². The summed E-state index contributed by atoms with van der Waals surface area (Å²) < 4.78 is 41.3. The molecule has 0 spiro atoms. The smallest absolute Gasteiger partial charge is 0.320 e. The molecule has 1 amide bonds. The van der Waals surface area contributed by atoms with E-state index in [0.29, 0.717) is 5.69 Å². The summed E-state index contributed by atoms with van der Waals surface area (Å²) >= 11 is 0. The lowest BCUT2D eigenvalue weighted by molar-refractivity contribution is -0.137. The predicted octanol–water partition coefficient (Wildman–Crippen LogP) is 4.97. The molecule has 0 bridgehead atoms. The predicted molar refractivity (Wildman–Crippen MR) is 111 cm³/mol. The van der Waals surface area contributed by atoms with Crippen molar-refractivity contribution in [3.8, 4) is 5.69 Å². The lowest BCUT2D eigenvalue weighted by atomic mass is 10.1. The van der Waals surface area contributed by atoms with Crippen LogP contribution in [0.25, 0.3) is 16.5 Å². The Labute approximate surface area is 174 Å². The van der Waals surface area contributed by atoms with Crippen LogP contribution in [0.5, 0.6) is 0 Å². The number of nitrogens with one attached hydrogen (secondary N) is 1. The molecule has 0 saturated carbocycles. The van der Waals surface area contributed by atoms with Gasteiger partial charge in [-0.15, -0.1) is 0 Å². The highest BCUT2D eigenvalue weighted by atomic mass is 19.4. The molecule has 0 saturated heterocycles. The molecule has 0 aliphatic rings. The number of hydrogen-bond donors (Lipinski definition) is 1. The number of aryl methyl sites for hydroxylation is 1. The van der Waals surface area contributed by atoms with Crippen molar-refractivity contribution in [2.24, 2.45) is 0 Å². The molecule has 4 aromatic rings. The minimum atomic E-state index is -4.63. The number of halogens is 3. The molecule has 0 aliphatic carbocycles. The molecule has 8 heteroatoms. The topological polar surface area (TPSA) is 64.0 Å². The SMILES string of the molecule is Cc1cc(=O)c(C(=O)Nc2cccc3ccccc23)nn1-c1ccccc1C(F)(F)F. The molecule has 156 valence electrons. The van der Waals surface area contributed by atoms with Crippen molar-refractivity contribution in [1.29, 1.82) is 0 Å². The minimum Gasteiger partial charge on any atom is -0.320 e. The number of carbonyl (C=O) groups is 1. The third kappa shape index (κ3) is 3.92. The zero-order valence-electron chi connectivity index (χ0n) is 16.3. The standard InChI is InChI=1S/C23H16F3N3O2/c1-14-13-20(30)21(28-29(14)19-12-5-4-10-17(19)23(24,25)26)22(31)27-18-11-6-8-15-7-2-3-9-16(15)18/h2-13H,1H3,(H,27,31). The van der Waals surface area contributed by atoms with E-state index in [1.54, 1.807) is 12.1 Å². The molecule has 0 fully saturated rings. The van der Waals surface area contributed by atoms with Crippen molar-refractivity contribution in [2.75, 3.05) is 5.32 Å². The molecular weight excluding hydrogens is 407 g/mol. The number of nitrogens with zero attached hydrogens (tertiary/aromatic N) is 2. The molecule has 5 nitrogen and oxygen atoms in total. The third-order valence-corrected chi connectivity index (χ3v) is 4.80. The molecule has 0 unspecified atom stereocenters. The maximum Gasteiger partial charge on any atom is 0.418 e. The number of benzene rings is 3. The third-order valence-electron chi connectivity index (χ3n) is 4.80. The first-order valence-corrected chi connectivity index (χ1v) is 9.32. The van der Waals surface area contributed by atoms with Gasteiger partial charge in [-0.1, -0.05) is 48.5 Å². The molecular formula is C23H16F3N3O2. The van der Waals surface area contributed by atoms with E-state index in [1.165, 1.54) is 25.1 Å². The van der Waals surface area contributed by atoms with Gasteiger partial charge in [0, 0.05) is 22.8 Å². The summed E-state index contributed by atoms with van der Waals surface area (Å²) in [4.78, 5) is 25.3. The average molecular weight is 423 g/mol. The van der Waals surface area contributed by atoms with Crippen LogP contribution in [-0.4, -0.2) is 15.7 Å². The van der Waals surface area contributed by atoms with E-state index in [9.17, 15) is 22.8 Å². The van der Waals surface area contributed by atoms with Crippen LogP contribution in [0.3, 0.4) is 0 Å². The summed E-state index contributed by atoms with van der Waals surface area (Å²) in [5, 5.41) is 8.27. The summed E-state index contributed by atoms with van der Waals surface area (Å²) in [6.07, 6.45) is -4.63. The molecule has 1 aromatic heterocycles. The largest absolute Gasteiger partial charge is 0.418 e. The van der Waals surface area contributed by atoms with Crippen LogP contribution >= 0.6 is 0 Å². The number of hydrogen-bond acceptors (Lipinski definition) is 3. The van der Waals surface area contributed by atoms with Gasteiger partial charge in [0.2, 0.25) is 5.43 Å². The van der Waals surface area contributed by atoms with Crippen LogP contribution in [0, 0.1) is 6.92 Å². The summed E-state index contributed by atoms with van der Waals surface area (Å²) in [6, 6.07) is 18.6. The van der Waals surface area contributed by atoms with Crippen LogP contribution in [0.1, 0.15) is 21.7 Å². The Hall–Kier alpha value is -3.94. The van der Waals surface area contributed by atoms with Gasteiger partial charge in [-0.3, -0.25) is 9.59 Å². The summed E-state index contributed by atoms with van der Waals surface area (Å²) in [6.45, 7) is 1.45. The fourth-order valence-corrected chi connectivity index (χ4v) is 3.36. The maximum atomic E-state index is 13.5. The van der Waals surface area contributed by atoms with Gasteiger partial charge in [-0.05, 0) is 30.5 Å². The van der Waals surface area contributed by atoms with E-state index >= 15 is 0 Å². The van der Waals surface area contributed by atoms with Crippen LogP contribution in [0.2, 0.25) is 0 Å². The molecule has 1 heterocycles. The number of rotatable bonds is 3. The molecule has 3 aromatic carbocycles. The number of fused-ring (bicyclic) bond motifs is 1. The van der Waals surface area contributed by atoms with Crippen LogP contribution in [0.15, 0.2) is 77.6 Å². The van der Waals surface area contributed by atoms with E-state index in [-0.39, 0.29) is 11.4 Å². The zero-order chi connectivity index (χ0) is 22.2. The normalized spacial score (nSPS) is 11.5. The zero-order valence-corrected chi connectivity index (χ0v) is 16.3. The summed E-state index contributed by atoms with van der Waals surface area (Å²) in [7, 11) is 0. The molecule has 0 radical (unpaired) electrons. The van der Waals surface area contributed by atoms with Crippen molar-refractivity contribution in [2.45, 2.75) is 13.1 Å². The van der Waals surface area contributed by atoms with Gasteiger partial charge >= 0.3 is 6.18 Å². The van der Waals surface area contributed by atoms with Gasteiger partial charge in [0.05, 0.1) is 11.3 Å². The summed E-state index contributed by atoms with van der Waals surface area (Å²) in [5.41, 5.74) is -1.75. The molecule has 0 atom stereocenters. The molecule has 1 N–H and O–H groups in total. The second-order valence-electron chi connectivity index (χ2n) is 6.91. The monoisotopic (exact) mass is 423 g/mol. The summed E-state index contributed by atoms with van der Waals surface area (Å²) in [5.74, 6) is -0.806. The minimum absolute atomic E-state index is 0.170. The van der Waals surface area contributed by atoms with Crippen molar-refractivity contribution < 1.29 is 18.0 Å². The highest BCUT2D eigenvalue weighted by Crippen LogP contribution is 2.33. The number of alkyl halides is 3.